The largest absolute Gasteiger partial charge is 0.352 e. The number of anilines is 2. The molecule has 0 bridgehead atoms. The summed E-state index contributed by atoms with van der Waals surface area (Å²) in [7, 11) is 0. The summed E-state index contributed by atoms with van der Waals surface area (Å²) in [5.41, 5.74) is 1.99. The van der Waals surface area contributed by atoms with Crippen molar-refractivity contribution in [2.75, 3.05) is 22.9 Å². The smallest absolute Gasteiger partial charge is 0.234 e. The van der Waals surface area contributed by atoms with Gasteiger partial charge in [0.25, 0.3) is 0 Å². The van der Waals surface area contributed by atoms with Crippen LogP contribution in [-0.2, 0) is 20.8 Å². The number of benzene rings is 1. The molecule has 27 heavy (non-hydrogen) atoms. The molecule has 9 heteroatoms. The highest BCUT2D eigenvalue weighted by Gasteiger charge is 2.10. The van der Waals surface area contributed by atoms with Gasteiger partial charge in [-0.2, -0.15) is 0 Å². The fourth-order valence-electron chi connectivity index (χ4n) is 2.01. The second kappa shape index (κ2) is 10.5. The van der Waals surface area contributed by atoms with E-state index < -0.39 is 0 Å². The predicted molar refractivity (Wildman–Crippen MR) is 109 cm³/mol. The van der Waals surface area contributed by atoms with Crippen LogP contribution in [0.4, 0.5) is 11.4 Å². The number of hydrogen-bond donors (Lipinski definition) is 3. The van der Waals surface area contributed by atoms with E-state index in [1.54, 1.807) is 30.3 Å². The lowest BCUT2D eigenvalue weighted by atomic mass is 10.3. The maximum atomic E-state index is 12.1. The zero-order valence-corrected chi connectivity index (χ0v) is 16.4. The Balaban J connectivity index is 1.77. The Bertz CT molecular complexity index is 818. The molecule has 0 fully saturated rings. The van der Waals surface area contributed by atoms with Crippen molar-refractivity contribution >= 4 is 52.2 Å². The molecule has 1 aromatic heterocycles. The van der Waals surface area contributed by atoms with Gasteiger partial charge in [-0.3, -0.25) is 14.4 Å². The molecule has 1 heterocycles. The molecule has 3 N–H and O–H groups in total. The minimum Gasteiger partial charge on any atom is -0.352 e. The second-order valence-electron chi connectivity index (χ2n) is 5.47. The third-order valence-electron chi connectivity index (χ3n) is 3.13. The average molecular weight is 405 g/mol. The SMILES string of the molecule is C=CCNC(=O)Cc1csc(SCC(=O)Nc2ccc(NC(C)=O)cc2)n1. The zero-order chi connectivity index (χ0) is 19.6. The number of carbonyl (C=O) groups is 3. The van der Waals surface area contributed by atoms with E-state index in [-0.39, 0.29) is 29.9 Å². The van der Waals surface area contributed by atoms with Crippen molar-refractivity contribution in [2.45, 2.75) is 17.7 Å². The predicted octanol–water partition coefficient (Wildman–Crippen LogP) is 2.68. The molecular formula is C18H20N4O3S2. The number of amides is 3. The number of thiazole rings is 1. The first-order valence-corrected chi connectivity index (χ1v) is 9.95. The van der Waals surface area contributed by atoms with Gasteiger partial charge in [-0.25, -0.2) is 4.98 Å². The third-order valence-corrected chi connectivity index (χ3v) is 5.20. The highest BCUT2D eigenvalue weighted by Crippen LogP contribution is 2.23. The van der Waals surface area contributed by atoms with Crippen LogP contribution in [0.15, 0.2) is 46.6 Å². The van der Waals surface area contributed by atoms with Gasteiger partial charge in [-0.1, -0.05) is 17.8 Å². The summed E-state index contributed by atoms with van der Waals surface area (Å²) >= 11 is 2.72. The van der Waals surface area contributed by atoms with Gasteiger partial charge in [0, 0.05) is 30.2 Å². The normalized spacial score (nSPS) is 10.1. The molecule has 0 aliphatic carbocycles. The van der Waals surface area contributed by atoms with Crippen LogP contribution in [0.3, 0.4) is 0 Å². The van der Waals surface area contributed by atoms with Crippen molar-refractivity contribution in [3.63, 3.8) is 0 Å². The number of aromatic nitrogens is 1. The van der Waals surface area contributed by atoms with Crippen LogP contribution < -0.4 is 16.0 Å². The summed E-state index contributed by atoms with van der Waals surface area (Å²) < 4.78 is 0.734. The number of nitrogens with zero attached hydrogens (tertiary/aromatic N) is 1. The van der Waals surface area contributed by atoms with Crippen molar-refractivity contribution in [3.05, 3.63) is 48.0 Å². The average Bonchev–Trinajstić information content (AvgIpc) is 3.07. The molecule has 7 nitrogen and oxygen atoms in total. The summed E-state index contributed by atoms with van der Waals surface area (Å²) in [5.74, 6) is -0.211. The quantitative estimate of drug-likeness (QED) is 0.441. The van der Waals surface area contributed by atoms with Crippen LogP contribution in [0.1, 0.15) is 12.6 Å². The third kappa shape index (κ3) is 7.63. The maximum absolute atomic E-state index is 12.1. The molecule has 1 aromatic carbocycles. The molecule has 0 saturated carbocycles. The van der Waals surface area contributed by atoms with Gasteiger partial charge in [0.2, 0.25) is 17.7 Å². The molecule has 0 spiro atoms. The van der Waals surface area contributed by atoms with Crippen molar-refractivity contribution in [3.8, 4) is 0 Å². The van der Waals surface area contributed by atoms with Crippen LogP contribution in [0.5, 0.6) is 0 Å². The Morgan fingerprint density at radius 3 is 2.44 bits per heavy atom. The number of thioether (sulfide) groups is 1. The van der Waals surface area contributed by atoms with Crippen molar-refractivity contribution in [2.24, 2.45) is 0 Å². The van der Waals surface area contributed by atoms with Crippen LogP contribution >= 0.6 is 23.1 Å². The first-order valence-electron chi connectivity index (χ1n) is 8.08. The van der Waals surface area contributed by atoms with E-state index in [4.69, 9.17) is 0 Å². The van der Waals surface area contributed by atoms with Crippen LogP contribution in [0, 0.1) is 0 Å². The van der Waals surface area contributed by atoms with Gasteiger partial charge < -0.3 is 16.0 Å². The highest BCUT2D eigenvalue weighted by molar-refractivity contribution is 8.01. The monoisotopic (exact) mass is 404 g/mol. The fourth-order valence-corrected chi connectivity index (χ4v) is 3.66. The van der Waals surface area contributed by atoms with Crippen LogP contribution in [-0.4, -0.2) is 35.0 Å². The lowest BCUT2D eigenvalue weighted by molar-refractivity contribution is -0.120. The molecular weight excluding hydrogens is 384 g/mol. The van der Waals surface area contributed by atoms with Crippen molar-refractivity contribution in [1.82, 2.24) is 10.3 Å². The Kier molecular flexibility index (Phi) is 8.02. The lowest BCUT2D eigenvalue weighted by Crippen LogP contribution is -2.25. The molecule has 0 unspecified atom stereocenters. The molecule has 0 atom stereocenters. The summed E-state index contributed by atoms with van der Waals surface area (Å²) in [6.45, 7) is 5.41. The zero-order valence-electron chi connectivity index (χ0n) is 14.8. The van der Waals surface area contributed by atoms with Gasteiger partial charge in [-0.05, 0) is 24.3 Å². The summed E-state index contributed by atoms with van der Waals surface area (Å²) in [6.07, 6.45) is 1.82. The Labute approximate surface area is 165 Å². The number of hydrogen-bond acceptors (Lipinski definition) is 6. The molecule has 3 amide bonds. The van der Waals surface area contributed by atoms with E-state index in [2.05, 4.69) is 27.5 Å². The molecule has 0 radical (unpaired) electrons. The van der Waals surface area contributed by atoms with E-state index in [9.17, 15) is 14.4 Å². The molecule has 2 aromatic rings. The van der Waals surface area contributed by atoms with Crippen molar-refractivity contribution in [1.29, 1.82) is 0 Å². The molecule has 142 valence electrons. The topological polar surface area (TPSA) is 100 Å². The highest BCUT2D eigenvalue weighted by atomic mass is 32.2. The van der Waals surface area contributed by atoms with Crippen LogP contribution in [0.25, 0.3) is 0 Å². The van der Waals surface area contributed by atoms with E-state index in [0.717, 1.165) is 4.34 Å². The van der Waals surface area contributed by atoms with Gasteiger partial charge in [0.1, 0.15) is 0 Å². The minimum atomic E-state index is -0.159. The lowest BCUT2D eigenvalue weighted by Gasteiger charge is -2.06. The molecule has 0 saturated heterocycles. The molecule has 2 rings (SSSR count). The summed E-state index contributed by atoms with van der Waals surface area (Å²) in [5, 5.41) is 9.96. The Morgan fingerprint density at radius 2 is 1.81 bits per heavy atom. The maximum Gasteiger partial charge on any atom is 0.234 e. The first-order chi connectivity index (χ1) is 13.0. The Hall–Kier alpha value is -2.65. The van der Waals surface area contributed by atoms with E-state index >= 15 is 0 Å². The number of nitrogens with one attached hydrogen (secondary N) is 3. The molecule has 0 aliphatic heterocycles. The number of rotatable bonds is 9. The van der Waals surface area contributed by atoms with E-state index in [0.29, 0.717) is 23.6 Å². The Morgan fingerprint density at radius 1 is 1.15 bits per heavy atom. The second-order valence-corrected chi connectivity index (χ2v) is 7.55. The first kappa shape index (κ1) is 20.7. The van der Waals surface area contributed by atoms with E-state index in [1.165, 1.54) is 30.0 Å². The number of carbonyl (C=O) groups excluding carboxylic acids is 3. The minimum absolute atomic E-state index is 0.114. The van der Waals surface area contributed by atoms with E-state index in [1.807, 2.05) is 5.38 Å². The fraction of sp³-hybridized carbons (Fsp3) is 0.222. The molecule has 0 aliphatic rings. The van der Waals surface area contributed by atoms with Crippen LogP contribution in [0.2, 0.25) is 0 Å². The van der Waals surface area contributed by atoms with Gasteiger partial charge >= 0.3 is 0 Å². The van der Waals surface area contributed by atoms with Gasteiger partial charge in [0.15, 0.2) is 4.34 Å². The summed E-state index contributed by atoms with van der Waals surface area (Å²) in [6, 6.07) is 6.87. The van der Waals surface area contributed by atoms with Gasteiger partial charge in [-0.15, -0.1) is 17.9 Å². The standard InChI is InChI=1S/C18H20N4O3S2/c1-3-8-19-16(24)9-15-10-26-18(22-15)27-11-17(25)21-14-6-4-13(5-7-14)20-12(2)23/h3-7,10H,1,8-9,11H2,2H3,(H,19,24)(H,20,23)(H,21,25). The van der Waals surface area contributed by atoms with Gasteiger partial charge in [0.05, 0.1) is 17.9 Å². The summed E-state index contributed by atoms with van der Waals surface area (Å²) in [4.78, 5) is 39.0. The van der Waals surface area contributed by atoms with Crippen molar-refractivity contribution < 1.29 is 14.4 Å².